The monoisotopic (exact) mass is 492 g/mol. The van der Waals surface area contributed by atoms with Gasteiger partial charge in [0, 0.05) is 44.3 Å². The van der Waals surface area contributed by atoms with E-state index < -0.39 is 5.54 Å². The molecular weight excluding hydrogens is 460 g/mol. The van der Waals surface area contributed by atoms with Gasteiger partial charge in [0.15, 0.2) is 6.61 Å². The molecule has 0 bridgehead atoms. The highest BCUT2D eigenvalue weighted by atomic mass is 35.5. The molecule has 3 aliphatic heterocycles. The summed E-state index contributed by atoms with van der Waals surface area (Å²) in [7, 11) is 0. The van der Waals surface area contributed by atoms with Crippen molar-refractivity contribution < 1.29 is 23.9 Å². The molecule has 0 radical (unpaired) electrons. The van der Waals surface area contributed by atoms with E-state index in [0.717, 1.165) is 18.7 Å². The first-order valence-corrected chi connectivity index (χ1v) is 12.3. The van der Waals surface area contributed by atoms with Crippen LogP contribution in [-0.2, 0) is 14.3 Å². The number of piperidine rings is 1. The van der Waals surface area contributed by atoms with Gasteiger partial charge in [0.1, 0.15) is 11.3 Å². The van der Waals surface area contributed by atoms with Gasteiger partial charge in [0.2, 0.25) is 0 Å². The molecule has 1 aromatic carbocycles. The second-order valence-electron chi connectivity index (χ2n) is 9.40. The van der Waals surface area contributed by atoms with Crippen molar-refractivity contribution in [1.29, 1.82) is 0 Å². The number of nitrogens with zero attached hydrogens (tertiary/aromatic N) is 3. The fraction of sp³-hybridized carbons (Fsp3) is 0.625. The molecule has 3 aliphatic rings. The van der Waals surface area contributed by atoms with Crippen LogP contribution in [0.15, 0.2) is 18.2 Å². The molecule has 0 aliphatic carbocycles. The second kappa shape index (κ2) is 10.5. The lowest BCUT2D eigenvalue weighted by atomic mass is 9.79. The SMILES string of the molecule is Cc1cc(Cl)ccc1OCC(=O)N1CCC(C2(C)NC(=O)N(CCN3CCOCC3)C2=O)CC1. The highest BCUT2D eigenvalue weighted by Crippen LogP contribution is 2.33. The normalized spacial score (nSPS) is 24.4. The lowest BCUT2D eigenvalue weighted by Crippen LogP contribution is -2.55. The number of rotatable bonds is 7. The first kappa shape index (κ1) is 24.8. The quantitative estimate of drug-likeness (QED) is 0.585. The highest BCUT2D eigenvalue weighted by molar-refractivity contribution is 6.30. The number of carbonyl (C=O) groups excluding carboxylic acids is 3. The summed E-state index contributed by atoms with van der Waals surface area (Å²) in [6.07, 6.45) is 1.29. The van der Waals surface area contributed by atoms with Crippen molar-refractivity contribution in [2.75, 3.05) is 59.1 Å². The van der Waals surface area contributed by atoms with E-state index in [4.69, 9.17) is 21.1 Å². The number of nitrogens with one attached hydrogen (secondary N) is 1. The maximum absolute atomic E-state index is 13.2. The molecule has 3 heterocycles. The molecule has 3 saturated heterocycles. The lowest BCUT2D eigenvalue weighted by molar-refractivity contribution is -0.136. The number of benzene rings is 1. The van der Waals surface area contributed by atoms with Crippen LogP contribution in [0.2, 0.25) is 5.02 Å². The Morgan fingerprint density at radius 3 is 2.56 bits per heavy atom. The van der Waals surface area contributed by atoms with Crippen molar-refractivity contribution in [2.24, 2.45) is 5.92 Å². The number of ether oxygens (including phenoxy) is 2. The van der Waals surface area contributed by atoms with Gasteiger partial charge in [-0.15, -0.1) is 0 Å². The van der Waals surface area contributed by atoms with Gasteiger partial charge in [-0.3, -0.25) is 19.4 Å². The number of carbonyl (C=O) groups is 3. The molecule has 1 aromatic rings. The van der Waals surface area contributed by atoms with Crippen LogP contribution in [0.25, 0.3) is 0 Å². The van der Waals surface area contributed by atoms with E-state index in [1.807, 2.05) is 13.8 Å². The molecular formula is C24H33ClN4O5. The maximum Gasteiger partial charge on any atom is 0.325 e. The topological polar surface area (TPSA) is 91.4 Å². The Balaban J connectivity index is 1.27. The Bertz CT molecular complexity index is 930. The number of amides is 4. The van der Waals surface area contributed by atoms with Crippen molar-refractivity contribution in [3.63, 3.8) is 0 Å². The third-order valence-electron chi connectivity index (χ3n) is 7.20. The number of likely N-dealkylation sites (tertiary alicyclic amines) is 1. The standard InChI is InChI=1S/C24H33ClN4O5/c1-17-15-19(25)3-4-20(17)34-16-21(30)28-7-5-18(6-8-28)24(2)22(31)29(23(32)26-24)10-9-27-11-13-33-14-12-27/h3-4,15,18H,5-14,16H2,1-2H3,(H,26,32). The van der Waals surface area contributed by atoms with Gasteiger partial charge in [0.25, 0.3) is 11.8 Å². The van der Waals surface area contributed by atoms with E-state index >= 15 is 0 Å². The van der Waals surface area contributed by atoms with Crippen LogP contribution >= 0.6 is 11.6 Å². The minimum absolute atomic E-state index is 0.0270. The molecule has 0 aromatic heterocycles. The second-order valence-corrected chi connectivity index (χ2v) is 9.83. The zero-order valence-electron chi connectivity index (χ0n) is 19.8. The summed E-state index contributed by atoms with van der Waals surface area (Å²) in [5.74, 6) is 0.348. The molecule has 186 valence electrons. The molecule has 10 heteroatoms. The molecule has 4 amide bonds. The van der Waals surface area contributed by atoms with Crippen molar-refractivity contribution in [3.05, 3.63) is 28.8 Å². The molecule has 0 saturated carbocycles. The van der Waals surface area contributed by atoms with Crippen LogP contribution in [0.1, 0.15) is 25.3 Å². The average molecular weight is 493 g/mol. The average Bonchev–Trinajstić information content (AvgIpc) is 3.06. The van der Waals surface area contributed by atoms with Crippen molar-refractivity contribution in [3.8, 4) is 5.75 Å². The number of aryl methyl sites for hydroxylation is 1. The fourth-order valence-corrected chi connectivity index (χ4v) is 5.20. The first-order valence-electron chi connectivity index (χ1n) is 11.9. The molecule has 4 rings (SSSR count). The number of halogens is 1. The lowest BCUT2D eigenvalue weighted by Gasteiger charge is -2.39. The number of hydrogen-bond acceptors (Lipinski definition) is 6. The van der Waals surface area contributed by atoms with Gasteiger partial charge in [-0.1, -0.05) is 11.6 Å². The van der Waals surface area contributed by atoms with Gasteiger partial charge < -0.3 is 19.7 Å². The smallest absolute Gasteiger partial charge is 0.325 e. The van der Waals surface area contributed by atoms with Crippen molar-refractivity contribution >= 4 is 29.4 Å². The summed E-state index contributed by atoms with van der Waals surface area (Å²) in [5, 5.41) is 3.57. The Morgan fingerprint density at radius 1 is 1.18 bits per heavy atom. The minimum atomic E-state index is -0.936. The molecule has 1 atom stereocenters. The van der Waals surface area contributed by atoms with Gasteiger partial charge in [0.05, 0.1) is 13.2 Å². The summed E-state index contributed by atoms with van der Waals surface area (Å²) in [6, 6.07) is 4.96. The van der Waals surface area contributed by atoms with Crippen LogP contribution in [0.5, 0.6) is 5.75 Å². The largest absolute Gasteiger partial charge is 0.483 e. The van der Waals surface area contributed by atoms with Crippen LogP contribution in [-0.4, -0.2) is 97.2 Å². The first-order chi connectivity index (χ1) is 16.3. The third kappa shape index (κ3) is 5.31. The molecule has 9 nitrogen and oxygen atoms in total. The van der Waals surface area contributed by atoms with E-state index in [-0.39, 0.29) is 30.4 Å². The molecule has 3 fully saturated rings. The predicted molar refractivity (Wildman–Crippen MR) is 127 cm³/mol. The van der Waals surface area contributed by atoms with E-state index in [0.29, 0.717) is 63.0 Å². The van der Waals surface area contributed by atoms with E-state index in [2.05, 4.69) is 10.2 Å². The van der Waals surface area contributed by atoms with Gasteiger partial charge in [-0.25, -0.2) is 4.79 Å². The Labute approximate surface area is 205 Å². The van der Waals surface area contributed by atoms with Gasteiger partial charge in [-0.05, 0) is 56.4 Å². The molecule has 34 heavy (non-hydrogen) atoms. The Hall–Kier alpha value is -2.36. The van der Waals surface area contributed by atoms with Crippen LogP contribution in [0, 0.1) is 12.8 Å². The summed E-state index contributed by atoms with van der Waals surface area (Å²) in [5.41, 5.74) is -0.0608. The highest BCUT2D eigenvalue weighted by Gasteiger charge is 2.52. The number of urea groups is 1. The number of imide groups is 1. The van der Waals surface area contributed by atoms with E-state index in [9.17, 15) is 14.4 Å². The zero-order chi connectivity index (χ0) is 24.3. The summed E-state index contributed by atoms with van der Waals surface area (Å²) < 4.78 is 11.1. The summed E-state index contributed by atoms with van der Waals surface area (Å²) >= 11 is 5.97. The number of morpholine rings is 1. The zero-order valence-corrected chi connectivity index (χ0v) is 20.6. The van der Waals surface area contributed by atoms with E-state index in [1.165, 1.54) is 4.90 Å². The predicted octanol–water partition coefficient (Wildman–Crippen LogP) is 1.91. The molecule has 1 N–H and O–H groups in total. The van der Waals surface area contributed by atoms with Crippen molar-refractivity contribution in [1.82, 2.24) is 20.0 Å². The van der Waals surface area contributed by atoms with Crippen LogP contribution < -0.4 is 10.1 Å². The Morgan fingerprint density at radius 2 is 1.88 bits per heavy atom. The van der Waals surface area contributed by atoms with Crippen LogP contribution in [0.4, 0.5) is 4.79 Å². The fourth-order valence-electron chi connectivity index (χ4n) is 4.97. The third-order valence-corrected chi connectivity index (χ3v) is 7.43. The Kier molecular flexibility index (Phi) is 7.64. The minimum Gasteiger partial charge on any atom is -0.483 e. The molecule has 1 unspecified atom stereocenters. The van der Waals surface area contributed by atoms with Crippen molar-refractivity contribution in [2.45, 2.75) is 32.2 Å². The van der Waals surface area contributed by atoms with Gasteiger partial charge >= 0.3 is 6.03 Å². The maximum atomic E-state index is 13.2. The summed E-state index contributed by atoms with van der Waals surface area (Å²) in [4.78, 5) is 43.8. The summed E-state index contributed by atoms with van der Waals surface area (Å²) in [6.45, 7) is 8.72. The molecule has 0 spiro atoms. The number of hydrogen-bond donors (Lipinski definition) is 1. The van der Waals surface area contributed by atoms with Gasteiger partial charge in [-0.2, -0.15) is 0 Å². The van der Waals surface area contributed by atoms with Crippen LogP contribution in [0.3, 0.4) is 0 Å². The van der Waals surface area contributed by atoms with E-state index in [1.54, 1.807) is 23.1 Å².